The average molecular weight is 338 g/mol. The molecule has 1 amide bonds. The van der Waals surface area contributed by atoms with Gasteiger partial charge in [-0.3, -0.25) is 4.79 Å². The maximum atomic E-state index is 12.6. The van der Waals surface area contributed by atoms with E-state index in [1.807, 2.05) is 29.4 Å². The minimum atomic E-state index is -0.0307. The van der Waals surface area contributed by atoms with E-state index in [0.717, 1.165) is 29.7 Å². The van der Waals surface area contributed by atoms with E-state index < -0.39 is 0 Å². The molecular weight excluding hydrogens is 316 g/mol. The molecule has 0 radical (unpaired) electrons. The topological polar surface area (TPSA) is 65.4 Å². The highest BCUT2D eigenvalue weighted by molar-refractivity contribution is 5.92. The molecule has 1 saturated heterocycles. The summed E-state index contributed by atoms with van der Waals surface area (Å²) in [5.74, 6) is 0.873. The number of nitrogens with one attached hydrogen (secondary N) is 1. The molecule has 0 spiro atoms. The smallest absolute Gasteiger partial charge is 0.289 e. The van der Waals surface area contributed by atoms with Gasteiger partial charge in [-0.1, -0.05) is 6.92 Å². The number of aromatic amines is 1. The number of amides is 1. The molecule has 0 saturated carbocycles. The average Bonchev–Trinajstić information content (AvgIpc) is 3.32. The van der Waals surface area contributed by atoms with Crippen molar-refractivity contribution in [3.8, 4) is 0 Å². The summed E-state index contributed by atoms with van der Waals surface area (Å²) in [6.45, 7) is 3.71. The third-order valence-corrected chi connectivity index (χ3v) is 5.25. The van der Waals surface area contributed by atoms with Crippen LogP contribution in [0.5, 0.6) is 0 Å². The number of nitrogens with zero attached hydrogens (tertiary/aromatic N) is 3. The molecule has 6 nitrogen and oxygen atoms in total. The highest BCUT2D eigenvalue weighted by atomic mass is 16.3. The summed E-state index contributed by atoms with van der Waals surface area (Å²) in [4.78, 5) is 24.3. The lowest BCUT2D eigenvalue weighted by Gasteiger charge is -2.42. The maximum absolute atomic E-state index is 12.6. The summed E-state index contributed by atoms with van der Waals surface area (Å²) in [6, 6.07) is 7.81. The van der Waals surface area contributed by atoms with Crippen molar-refractivity contribution in [3.63, 3.8) is 0 Å². The van der Waals surface area contributed by atoms with Crippen molar-refractivity contribution >= 4 is 22.6 Å². The monoisotopic (exact) mass is 338 g/mol. The lowest BCUT2D eigenvalue weighted by Crippen LogP contribution is -2.52. The largest absolute Gasteiger partial charge is 0.459 e. The molecule has 2 atom stereocenters. The number of likely N-dealkylation sites (tertiary alicyclic amines) is 1. The van der Waals surface area contributed by atoms with Crippen LogP contribution in [0.25, 0.3) is 11.0 Å². The van der Waals surface area contributed by atoms with Gasteiger partial charge in [0, 0.05) is 49.6 Å². The van der Waals surface area contributed by atoms with E-state index in [1.54, 1.807) is 18.4 Å². The number of furan rings is 1. The number of rotatable bonds is 3. The van der Waals surface area contributed by atoms with Gasteiger partial charge < -0.3 is 19.2 Å². The molecule has 130 valence electrons. The zero-order chi connectivity index (χ0) is 17.4. The SMILES string of the molecule is C[C@@H]1CCN(C(=O)c2ccco2)C[C@@H]1N(C)c1ccnc2[nH]ccc12. The molecule has 1 N–H and O–H groups in total. The molecule has 4 rings (SSSR count). The lowest BCUT2D eigenvalue weighted by atomic mass is 9.91. The summed E-state index contributed by atoms with van der Waals surface area (Å²) < 4.78 is 5.29. The van der Waals surface area contributed by atoms with E-state index in [-0.39, 0.29) is 11.9 Å². The second kappa shape index (κ2) is 6.27. The zero-order valence-corrected chi connectivity index (χ0v) is 14.5. The molecule has 4 heterocycles. The fourth-order valence-corrected chi connectivity index (χ4v) is 3.73. The van der Waals surface area contributed by atoms with Crippen molar-refractivity contribution in [1.29, 1.82) is 0 Å². The number of piperidine rings is 1. The molecule has 1 aliphatic rings. The Morgan fingerprint density at radius 3 is 3.08 bits per heavy atom. The van der Waals surface area contributed by atoms with Crippen LogP contribution in [0.4, 0.5) is 5.69 Å². The number of H-pyrrole nitrogens is 1. The van der Waals surface area contributed by atoms with E-state index in [1.165, 1.54) is 0 Å². The van der Waals surface area contributed by atoms with Crippen LogP contribution in [0.2, 0.25) is 0 Å². The highest BCUT2D eigenvalue weighted by Gasteiger charge is 2.33. The standard InChI is InChI=1S/C19H22N4O2/c1-13-7-10-23(19(24)17-4-3-11-25-17)12-16(13)22(2)15-6-9-21-18-14(15)5-8-20-18/h3-6,8-9,11,13,16H,7,10,12H2,1-2H3,(H,20,21)/t13-,16+/m1/s1. The Morgan fingerprint density at radius 2 is 2.28 bits per heavy atom. The fourth-order valence-electron chi connectivity index (χ4n) is 3.73. The Morgan fingerprint density at radius 1 is 1.40 bits per heavy atom. The van der Waals surface area contributed by atoms with E-state index in [4.69, 9.17) is 4.42 Å². The van der Waals surface area contributed by atoms with Gasteiger partial charge in [-0.05, 0) is 36.6 Å². The van der Waals surface area contributed by atoms with Crippen LogP contribution in [0, 0.1) is 5.92 Å². The Hall–Kier alpha value is -2.76. The molecule has 1 fully saturated rings. The van der Waals surface area contributed by atoms with Crippen LogP contribution in [-0.4, -0.2) is 47.0 Å². The van der Waals surface area contributed by atoms with Crippen molar-refractivity contribution in [2.24, 2.45) is 5.92 Å². The third-order valence-electron chi connectivity index (χ3n) is 5.25. The predicted molar refractivity (Wildman–Crippen MR) is 96.7 cm³/mol. The number of fused-ring (bicyclic) bond motifs is 1. The molecule has 0 unspecified atom stereocenters. The van der Waals surface area contributed by atoms with Gasteiger partial charge in [0.05, 0.1) is 6.26 Å². The highest BCUT2D eigenvalue weighted by Crippen LogP contribution is 2.30. The van der Waals surface area contributed by atoms with Crippen LogP contribution in [-0.2, 0) is 0 Å². The first kappa shape index (κ1) is 15.7. The number of likely N-dealkylation sites (N-methyl/N-ethyl adjacent to an activating group) is 1. The Kier molecular flexibility index (Phi) is 3.95. The van der Waals surface area contributed by atoms with Gasteiger partial charge in [0.25, 0.3) is 5.91 Å². The molecule has 25 heavy (non-hydrogen) atoms. The second-order valence-corrected chi connectivity index (χ2v) is 6.74. The molecular formula is C19H22N4O2. The zero-order valence-electron chi connectivity index (χ0n) is 14.5. The summed E-state index contributed by atoms with van der Waals surface area (Å²) in [5, 5.41) is 1.10. The molecule has 3 aromatic rings. The quantitative estimate of drug-likeness (QED) is 0.797. The molecule has 1 aliphatic heterocycles. The number of hydrogen-bond donors (Lipinski definition) is 1. The first-order valence-electron chi connectivity index (χ1n) is 8.63. The minimum absolute atomic E-state index is 0.0307. The second-order valence-electron chi connectivity index (χ2n) is 6.74. The summed E-state index contributed by atoms with van der Waals surface area (Å²) in [6.07, 6.45) is 6.25. The summed E-state index contributed by atoms with van der Waals surface area (Å²) >= 11 is 0. The minimum Gasteiger partial charge on any atom is -0.459 e. The van der Waals surface area contributed by atoms with Gasteiger partial charge in [0.2, 0.25) is 0 Å². The fraction of sp³-hybridized carbons (Fsp3) is 0.368. The number of carbonyl (C=O) groups is 1. The molecule has 0 aromatic carbocycles. The number of pyridine rings is 1. The van der Waals surface area contributed by atoms with Gasteiger partial charge in [-0.25, -0.2) is 4.98 Å². The van der Waals surface area contributed by atoms with Gasteiger partial charge in [-0.15, -0.1) is 0 Å². The van der Waals surface area contributed by atoms with Crippen molar-refractivity contribution in [3.05, 3.63) is 48.7 Å². The van der Waals surface area contributed by atoms with E-state index in [2.05, 4.69) is 28.8 Å². The van der Waals surface area contributed by atoms with Crippen molar-refractivity contribution in [1.82, 2.24) is 14.9 Å². The van der Waals surface area contributed by atoms with Crippen LogP contribution in [0.3, 0.4) is 0 Å². The van der Waals surface area contributed by atoms with Crippen LogP contribution in [0.15, 0.2) is 47.3 Å². The first-order valence-corrected chi connectivity index (χ1v) is 8.63. The van der Waals surface area contributed by atoms with Crippen molar-refractivity contribution < 1.29 is 9.21 Å². The Balaban J connectivity index is 1.59. The van der Waals surface area contributed by atoms with Crippen LogP contribution >= 0.6 is 0 Å². The normalized spacial score (nSPS) is 20.8. The van der Waals surface area contributed by atoms with Gasteiger partial charge in [0.15, 0.2) is 5.76 Å². The van der Waals surface area contributed by atoms with Gasteiger partial charge in [-0.2, -0.15) is 0 Å². The summed E-state index contributed by atoms with van der Waals surface area (Å²) in [5.41, 5.74) is 2.02. The van der Waals surface area contributed by atoms with Crippen LogP contribution in [0.1, 0.15) is 23.9 Å². The van der Waals surface area contributed by atoms with E-state index in [0.29, 0.717) is 18.2 Å². The lowest BCUT2D eigenvalue weighted by molar-refractivity contribution is 0.0638. The Bertz CT molecular complexity index is 871. The van der Waals surface area contributed by atoms with Gasteiger partial charge in [0.1, 0.15) is 5.65 Å². The molecule has 0 bridgehead atoms. The van der Waals surface area contributed by atoms with Crippen LogP contribution < -0.4 is 4.90 Å². The molecule has 3 aromatic heterocycles. The van der Waals surface area contributed by atoms with Gasteiger partial charge >= 0.3 is 0 Å². The maximum Gasteiger partial charge on any atom is 0.289 e. The third kappa shape index (κ3) is 2.77. The van der Waals surface area contributed by atoms with E-state index >= 15 is 0 Å². The summed E-state index contributed by atoms with van der Waals surface area (Å²) in [7, 11) is 2.10. The number of anilines is 1. The first-order chi connectivity index (χ1) is 12.1. The predicted octanol–water partition coefficient (Wildman–Crippen LogP) is 3.14. The number of carbonyl (C=O) groups excluding carboxylic acids is 1. The van der Waals surface area contributed by atoms with Crippen molar-refractivity contribution in [2.75, 3.05) is 25.0 Å². The Labute approximate surface area is 146 Å². The molecule has 6 heteroatoms. The van der Waals surface area contributed by atoms with E-state index in [9.17, 15) is 4.79 Å². The molecule has 0 aliphatic carbocycles. The number of aromatic nitrogens is 2. The van der Waals surface area contributed by atoms with Crippen molar-refractivity contribution in [2.45, 2.75) is 19.4 Å². The number of hydrogen-bond acceptors (Lipinski definition) is 4.